The maximum Gasteiger partial charge on any atom is 0.417 e. The summed E-state index contributed by atoms with van der Waals surface area (Å²) in [4.78, 5) is 25.9. The summed E-state index contributed by atoms with van der Waals surface area (Å²) in [6.45, 7) is 0. The number of pyridine rings is 2. The number of fused-ring (bicyclic) bond motifs is 2. The van der Waals surface area contributed by atoms with Crippen LogP contribution < -0.4 is 20.3 Å². The number of halogens is 3. The summed E-state index contributed by atoms with van der Waals surface area (Å²) in [6, 6.07) is -0.0147. The molecule has 0 radical (unpaired) electrons. The van der Waals surface area contributed by atoms with E-state index < -0.39 is 29.4 Å². The molecule has 0 aliphatic heterocycles. The number of anilines is 2. The summed E-state index contributed by atoms with van der Waals surface area (Å²) in [6.07, 6.45) is 3.65. The summed E-state index contributed by atoms with van der Waals surface area (Å²) < 4.78 is 56.6. The Labute approximate surface area is 217 Å². The number of aryl methyl sites for hydroxylation is 1. The fourth-order valence-electron chi connectivity index (χ4n) is 4.52. The van der Waals surface area contributed by atoms with E-state index in [0.29, 0.717) is 29.6 Å². The van der Waals surface area contributed by atoms with E-state index in [9.17, 15) is 23.1 Å². The largest absolute Gasteiger partial charge is 0.491 e. The van der Waals surface area contributed by atoms with E-state index in [1.807, 2.05) is 0 Å². The molecule has 202 valence electrons. The van der Waals surface area contributed by atoms with Crippen LogP contribution in [-0.4, -0.2) is 52.0 Å². The van der Waals surface area contributed by atoms with Crippen LogP contribution in [0.2, 0.25) is 0 Å². The fraction of sp³-hybridized carbons (Fsp3) is 0.292. The van der Waals surface area contributed by atoms with Gasteiger partial charge in [-0.25, -0.2) is 9.50 Å². The van der Waals surface area contributed by atoms with Gasteiger partial charge in [0.25, 0.3) is 5.56 Å². The molecule has 5 aromatic heterocycles. The molecule has 6 rings (SSSR count). The van der Waals surface area contributed by atoms with Crippen molar-refractivity contribution in [3.05, 3.63) is 59.2 Å². The number of nitrogens with zero attached hydrogens (tertiary/aromatic N) is 7. The van der Waals surface area contributed by atoms with E-state index in [-0.39, 0.29) is 28.8 Å². The van der Waals surface area contributed by atoms with Gasteiger partial charge >= 0.3 is 6.18 Å². The van der Waals surface area contributed by atoms with Crippen molar-refractivity contribution in [2.45, 2.75) is 31.2 Å². The van der Waals surface area contributed by atoms with E-state index in [1.54, 1.807) is 30.2 Å². The van der Waals surface area contributed by atoms with Crippen LogP contribution in [0.15, 0.2) is 48.0 Å². The number of imidazole rings is 1. The molecule has 2 atom stereocenters. The normalized spacial score (nSPS) is 17.4. The van der Waals surface area contributed by atoms with Gasteiger partial charge in [-0.05, 0) is 18.9 Å². The standard InChI is InChI=1S/C24H21F3N8O4/c1-33-19-20(38-2)18(39-17-10-30-35-6-5-28-8-15(17)35)9-29-21(19)32-23(33)31-13-7-12(24(25,26)27)11-34(22(13)37)14-3-4-16(14)36/h5-11,14,16,36H,3-4H2,1-2H3,(H,29,31,32)/t14-,16-/m0/s1. The molecular formula is C24H21F3N8O4. The van der Waals surface area contributed by atoms with Gasteiger partial charge in [-0.3, -0.25) is 9.78 Å². The molecule has 2 N–H and O–H groups in total. The second kappa shape index (κ2) is 8.97. The molecule has 0 saturated heterocycles. The minimum Gasteiger partial charge on any atom is -0.491 e. The maximum absolute atomic E-state index is 13.7. The first-order valence-electron chi connectivity index (χ1n) is 11.8. The summed E-state index contributed by atoms with van der Waals surface area (Å²) in [5, 5.41) is 16.9. The zero-order valence-corrected chi connectivity index (χ0v) is 20.5. The predicted octanol–water partition coefficient (Wildman–Crippen LogP) is 3.43. The minimum atomic E-state index is -4.71. The third kappa shape index (κ3) is 4.10. The van der Waals surface area contributed by atoms with E-state index in [0.717, 1.165) is 16.8 Å². The van der Waals surface area contributed by atoms with E-state index in [2.05, 4.69) is 25.4 Å². The Balaban J connectivity index is 1.41. The maximum atomic E-state index is 13.7. The van der Waals surface area contributed by atoms with Crippen molar-refractivity contribution in [1.29, 1.82) is 0 Å². The van der Waals surface area contributed by atoms with Crippen LogP contribution in [-0.2, 0) is 13.2 Å². The summed E-state index contributed by atoms with van der Waals surface area (Å²) in [5.41, 5.74) is -0.927. The highest BCUT2D eigenvalue weighted by Gasteiger charge is 2.36. The Morgan fingerprint density at radius 1 is 1.18 bits per heavy atom. The molecule has 1 aliphatic carbocycles. The molecule has 39 heavy (non-hydrogen) atoms. The predicted molar refractivity (Wildman–Crippen MR) is 131 cm³/mol. The van der Waals surface area contributed by atoms with Gasteiger partial charge in [-0.1, -0.05) is 0 Å². The van der Waals surface area contributed by atoms with Gasteiger partial charge < -0.3 is 29.0 Å². The van der Waals surface area contributed by atoms with Crippen LogP contribution in [0, 0.1) is 0 Å². The number of alkyl halides is 3. The highest BCUT2D eigenvalue weighted by Crippen LogP contribution is 2.39. The Kier molecular flexibility index (Phi) is 5.67. The van der Waals surface area contributed by atoms with Crippen molar-refractivity contribution in [2.24, 2.45) is 7.05 Å². The van der Waals surface area contributed by atoms with Gasteiger partial charge in [0.1, 0.15) is 16.7 Å². The monoisotopic (exact) mass is 542 g/mol. The van der Waals surface area contributed by atoms with Gasteiger partial charge in [0.2, 0.25) is 5.95 Å². The lowest BCUT2D eigenvalue weighted by molar-refractivity contribution is -0.138. The molecule has 1 fully saturated rings. The molecule has 0 amide bonds. The molecule has 0 spiro atoms. The van der Waals surface area contributed by atoms with Gasteiger partial charge in [0, 0.05) is 25.6 Å². The average Bonchev–Trinajstić information content (AvgIpc) is 3.45. The number of ether oxygens (including phenoxy) is 2. The van der Waals surface area contributed by atoms with E-state index >= 15 is 0 Å². The molecule has 1 saturated carbocycles. The molecule has 0 aromatic carbocycles. The Bertz CT molecular complexity index is 1780. The van der Waals surface area contributed by atoms with Crippen LogP contribution in [0.3, 0.4) is 0 Å². The SMILES string of the molecule is COc1c(Oc2cnn3ccncc23)cnc2nc(Nc3cc(C(F)(F)F)cn([C@H]4CC[C@@H]4O)c3=O)n(C)c12. The first kappa shape index (κ1) is 24.7. The zero-order chi connectivity index (χ0) is 27.5. The Morgan fingerprint density at radius 2 is 2.00 bits per heavy atom. The van der Waals surface area contributed by atoms with Crippen molar-refractivity contribution >= 4 is 28.3 Å². The van der Waals surface area contributed by atoms with Crippen molar-refractivity contribution < 1.29 is 27.8 Å². The highest BCUT2D eigenvalue weighted by atomic mass is 19.4. The van der Waals surface area contributed by atoms with Crippen LogP contribution in [0.4, 0.5) is 24.8 Å². The number of methoxy groups -OCH3 is 1. The number of hydrogen-bond donors (Lipinski definition) is 2. The number of aliphatic hydroxyl groups is 1. The molecule has 1 aliphatic rings. The smallest absolute Gasteiger partial charge is 0.417 e. The quantitative estimate of drug-likeness (QED) is 0.331. The molecular weight excluding hydrogens is 521 g/mol. The molecule has 0 unspecified atom stereocenters. The number of aliphatic hydroxyl groups excluding tert-OH is 1. The van der Waals surface area contributed by atoms with Crippen LogP contribution >= 0.6 is 0 Å². The van der Waals surface area contributed by atoms with Gasteiger partial charge in [-0.15, -0.1) is 0 Å². The number of hydrogen-bond acceptors (Lipinski definition) is 9. The molecule has 5 aromatic rings. The van der Waals surface area contributed by atoms with Gasteiger partial charge in [0.05, 0.1) is 43.4 Å². The van der Waals surface area contributed by atoms with Crippen LogP contribution in [0.5, 0.6) is 17.2 Å². The Morgan fingerprint density at radius 3 is 2.69 bits per heavy atom. The fourth-order valence-corrected chi connectivity index (χ4v) is 4.52. The first-order valence-corrected chi connectivity index (χ1v) is 11.8. The molecule has 5 heterocycles. The summed E-state index contributed by atoms with van der Waals surface area (Å²) in [7, 11) is 3.02. The first-order chi connectivity index (χ1) is 18.7. The topological polar surface area (TPSA) is 134 Å². The summed E-state index contributed by atoms with van der Waals surface area (Å²) in [5.74, 6) is 0.931. The van der Waals surface area contributed by atoms with Crippen molar-refractivity contribution in [2.75, 3.05) is 12.4 Å². The number of aromatic nitrogens is 7. The number of nitrogens with one attached hydrogen (secondary N) is 1. The van der Waals surface area contributed by atoms with E-state index in [4.69, 9.17) is 9.47 Å². The highest BCUT2D eigenvalue weighted by molar-refractivity contribution is 5.85. The number of rotatable bonds is 6. The zero-order valence-electron chi connectivity index (χ0n) is 20.5. The minimum absolute atomic E-state index is 0.0465. The van der Waals surface area contributed by atoms with Crippen LogP contribution in [0.1, 0.15) is 24.4 Å². The third-order valence-electron chi connectivity index (χ3n) is 6.71. The lowest BCUT2D eigenvalue weighted by atomic mass is 9.89. The van der Waals surface area contributed by atoms with Crippen molar-refractivity contribution in [3.8, 4) is 17.2 Å². The van der Waals surface area contributed by atoms with E-state index in [1.165, 1.54) is 24.1 Å². The second-order valence-corrected chi connectivity index (χ2v) is 9.03. The lowest BCUT2D eigenvalue weighted by Crippen LogP contribution is -2.40. The van der Waals surface area contributed by atoms with Gasteiger partial charge in [0.15, 0.2) is 22.9 Å². The second-order valence-electron chi connectivity index (χ2n) is 9.03. The molecule has 0 bridgehead atoms. The van der Waals surface area contributed by atoms with Crippen molar-refractivity contribution in [1.82, 2.24) is 33.7 Å². The third-order valence-corrected chi connectivity index (χ3v) is 6.71. The lowest BCUT2D eigenvalue weighted by Gasteiger charge is -2.34. The molecule has 15 heteroatoms. The average molecular weight is 542 g/mol. The van der Waals surface area contributed by atoms with Gasteiger partial charge in [-0.2, -0.15) is 23.3 Å². The molecule has 12 nitrogen and oxygen atoms in total. The van der Waals surface area contributed by atoms with Crippen molar-refractivity contribution in [3.63, 3.8) is 0 Å². The van der Waals surface area contributed by atoms with Crippen LogP contribution in [0.25, 0.3) is 16.7 Å². The Hall–Kier alpha value is -4.66. The summed E-state index contributed by atoms with van der Waals surface area (Å²) >= 11 is 0.